The van der Waals surface area contributed by atoms with Crippen LogP contribution in [-0.4, -0.2) is 6.17 Å². The minimum Gasteiger partial charge on any atom is -0.247 e. The van der Waals surface area contributed by atoms with Crippen LogP contribution in [0.5, 0.6) is 0 Å². The number of hydrogen-bond acceptors (Lipinski definition) is 0. The first-order valence-corrected chi connectivity index (χ1v) is 5.40. The van der Waals surface area contributed by atoms with E-state index in [0.717, 1.165) is 10.9 Å². The standard InChI is InChI=1S/C11H14BrF/c1-2-11(13)7-6-9-4-3-5-10(12)8-9/h3-5,8,11H,2,6-7H2,1H3. The first kappa shape index (κ1) is 10.7. The molecule has 13 heavy (non-hydrogen) atoms. The zero-order chi connectivity index (χ0) is 9.68. The van der Waals surface area contributed by atoms with Crippen LogP contribution in [0.15, 0.2) is 28.7 Å². The maximum Gasteiger partial charge on any atom is 0.100 e. The van der Waals surface area contributed by atoms with Gasteiger partial charge in [0.15, 0.2) is 0 Å². The van der Waals surface area contributed by atoms with E-state index in [4.69, 9.17) is 0 Å². The summed E-state index contributed by atoms with van der Waals surface area (Å²) in [4.78, 5) is 0. The molecule has 1 unspecified atom stereocenters. The van der Waals surface area contributed by atoms with Crippen molar-refractivity contribution in [3.05, 3.63) is 34.3 Å². The van der Waals surface area contributed by atoms with Gasteiger partial charge >= 0.3 is 0 Å². The predicted octanol–water partition coefficient (Wildman–Crippen LogP) is 4.13. The van der Waals surface area contributed by atoms with E-state index < -0.39 is 6.17 Å². The highest BCUT2D eigenvalue weighted by Crippen LogP contribution is 2.15. The summed E-state index contributed by atoms with van der Waals surface area (Å²) >= 11 is 3.39. The van der Waals surface area contributed by atoms with Gasteiger partial charge in [0.05, 0.1) is 0 Å². The van der Waals surface area contributed by atoms with Gasteiger partial charge in [0, 0.05) is 4.47 Å². The second kappa shape index (κ2) is 5.38. The Balaban J connectivity index is 2.45. The topological polar surface area (TPSA) is 0 Å². The fraction of sp³-hybridized carbons (Fsp3) is 0.455. The average molecular weight is 245 g/mol. The van der Waals surface area contributed by atoms with Gasteiger partial charge in [0.25, 0.3) is 0 Å². The zero-order valence-corrected chi connectivity index (χ0v) is 9.35. The van der Waals surface area contributed by atoms with Crippen molar-refractivity contribution < 1.29 is 4.39 Å². The Morgan fingerprint density at radius 1 is 1.46 bits per heavy atom. The fourth-order valence-electron chi connectivity index (χ4n) is 1.22. The molecule has 0 radical (unpaired) electrons. The largest absolute Gasteiger partial charge is 0.247 e. The lowest BCUT2D eigenvalue weighted by molar-refractivity contribution is 0.306. The molecule has 1 rings (SSSR count). The second-order valence-electron chi connectivity index (χ2n) is 3.17. The molecular formula is C11H14BrF. The van der Waals surface area contributed by atoms with Gasteiger partial charge in [0.2, 0.25) is 0 Å². The molecule has 72 valence electrons. The van der Waals surface area contributed by atoms with Gasteiger partial charge < -0.3 is 0 Å². The molecule has 0 fully saturated rings. The van der Waals surface area contributed by atoms with Gasteiger partial charge in [-0.25, -0.2) is 4.39 Å². The Labute approximate surface area is 87.3 Å². The van der Waals surface area contributed by atoms with Crippen LogP contribution in [0.1, 0.15) is 25.3 Å². The average Bonchev–Trinajstić information content (AvgIpc) is 2.14. The van der Waals surface area contributed by atoms with Crippen molar-refractivity contribution in [2.45, 2.75) is 32.4 Å². The molecule has 0 amide bonds. The summed E-state index contributed by atoms with van der Waals surface area (Å²) in [7, 11) is 0. The highest BCUT2D eigenvalue weighted by atomic mass is 79.9. The van der Waals surface area contributed by atoms with Crippen molar-refractivity contribution in [1.82, 2.24) is 0 Å². The summed E-state index contributed by atoms with van der Waals surface area (Å²) in [5.74, 6) is 0. The molecule has 0 heterocycles. The lowest BCUT2D eigenvalue weighted by Crippen LogP contribution is -1.99. The quantitative estimate of drug-likeness (QED) is 0.748. The maximum absolute atomic E-state index is 12.9. The molecule has 0 aliphatic rings. The van der Waals surface area contributed by atoms with Gasteiger partial charge in [0.1, 0.15) is 6.17 Å². The molecule has 0 bridgehead atoms. The van der Waals surface area contributed by atoms with E-state index in [1.54, 1.807) is 0 Å². The lowest BCUT2D eigenvalue weighted by atomic mass is 10.1. The molecule has 0 aromatic heterocycles. The highest BCUT2D eigenvalue weighted by molar-refractivity contribution is 9.10. The normalized spacial score (nSPS) is 12.8. The molecule has 1 atom stereocenters. The van der Waals surface area contributed by atoms with Crippen molar-refractivity contribution in [2.24, 2.45) is 0 Å². The van der Waals surface area contributed by atoms with E-state index in [9.17, 15) is 4.39 Å². The summed E-state index contributed by atoms with van der Waals surface area (Å²) in [6.07, 6.45) is 1.43. The Morgan fingerprint density at radius 2 is 2.23 bits per heavy atom. The van der Waals surface area contributed by atoms with Crippen LogP contribution in [0.3, 0.4) is 0 Å². The summed E-state index contributed by atoms with van der Waals surface area (Å²) in [6.45, 7) is 1.88. The second-order valence-corrected chi connectivity index (χ2v) is 4.09. The molecule has 2 heteroatoms. The van der Waals surface area contributed by atoms with Gasteiger partial charge in [-0.3, -0.25) is 0 Å². The molecular weight excluding hydrogens is 231 g/mol. The van der Waals surface area contributed by atoms with E-state index in [1.165, 1.54) is 5.56 Å². The molecule has 0 nitrogen and oxygen atoms in total. The number of benzene rings is 1. The number of alkyl halides is 1. The van der Waals surface area contributed by atoms with Gasteiger partial charge in [-0.15, -0.1) is 0 Å². The molecule has 0 spiro atoms. The van der Waals surface area contributed by atoms with E-state index in [1.807, 2.05) is 31.2 Å². The molecule has 0 saturated carbocycles. The van der Waals surface area contributed by atoms with Crippen molar-refractivity contribution in [3.8, 4) is 0 Å². The fourth-order valence-corrected chi connectivity index (χ4v) is 1.67. The SMILES string of the molecule is CCC(F)CCc1cccc(Br)c1. The van der Waals surface area contributed by atoms with Crippen molar-refractivity contribution >= 4 is 15.9 Å². The van der Waals surface area contributed by atoms with Crippen LogP contribution in [-0.2, 0) is 6.42 Å². The third kappa shape index (κ3) is 3.90. The van der Waals surface area contributed by atoms with Crippen LogP contribution >= 0.6 is 15.9 Å². The molecule has 1 aromatic rings. The van der Waals surface area contributed by atoms with Gasteiger partial charge in [-0.05, 0) is 37.0 Å². The van der Waals surface area contributed by atoms with Crippen molar-refractivity contribution in [3.63, 3.8) is 0 Å². The van der Waals surface area contributed by atoms with E-state index in [2.05, 4.69) is 15.9 Å². The third-order valence-corrected chi connectivity index (χ3v) is 2.57. The third-order valence-electron chi connectivity index (χ3n) is 2.08. The summed E-state index contributed by atoms with van der Waals surface area (Å²) in [6, 6.07) is 8.05. The van der Waals surface area contributed by atoms with Crippen LogP contribution in [0.2, 0.25) is 0 Å². The molecule has 0 N–H and O–H groups in total. The highest BCUT2D eigenvalue weighted by Gasteiger charge is 2.03. The number of hydrogen-bond donors (Lipinski definition) is 0. The number of rotatable bonds is 4. The lowest BCUT2D eigenvalue weighted by Gasteiger charge is -2.04. The van der Waals surface area contributed by atoms with Crippen molar-refractivity contribution in [1.29, 1.82) is 0 Å². The molecule has 0 aliphatic carbocycles. The van der Waals surface area contributed by atoms with Crippen LogP contribution < -0.4 is 0 Å². The Morgan fingerprint density at radius 3 is 2.85 bits per heavy atom. The summed E-state index contributed by atoms with van der Waals surface area (Å²) in [5.41, 5.74) is 1.20. The molecule has 0 aliphatic heterocycles. The minimum absolute atomic E-state index is 0.619. The van der Waals surface area contributed by atoms with Crippen LogP contribution in [0.25, 0.3) is 0 Å². The summed E-state index contributed by atoms with van der Waals surface area (Å²) < 4.78 is 14.0. The van der Waals surface area contributed by atoms with Crippen LogP contribution in [0, 0.1) is 0 Å². The first-order valence-electron chi connectivity index (χ1n) is 4.61. The van der Waals surface area contributed by atoms with E-state index >= 15 is 0 Å². The van der Waals surface area contributed by atoms with Gasteiger partial charge in [-0.2, -0.15) is 0 Å². The Kier molecular flexibility index (Phi) is 4.43. The van der Waals surface area contributed by atoms with Crippen molar-refractivity contribution in [2.75, 3.05) is 0 Å². The Bertz CT molecular complexity index is 260. The Hall–Kier alpha value is -0.370. The van der Waals surface area contributed by atoms with Crippen LogP contribution in [0.4, 0.5) is 4.39 Å². The number of halogens is 2. The first-order chi connectivity index (χ1) is 6.22. The van der Waals surface area contributed by atoms with E-state index in [0.29, 0.717) is 12.8 Å². The minimum atomic E-state index is -0.654. The summed E-state index contributed by atoms with van der Waals surface area (Å²) in [5, 5.41) is 0. The maximum atomic E-state index is 12.9. The molecule has 0 saturated heterocycles. The van der Waals surface area contributed by atoms with E-state index in [-0.39, 0.29) is 0 Å². The van der Waals surface area contributed by atoms with Gasteiger partial charge in [-0.1, -0.05) is 35.0 Å². The smallest absolute Gasteiger partial charge is 0.100 e. The zero-order valence-electron chi connectivity index (χ0n) is 7.76. The predicted molar refractivity (Wildman–Crippen MR) is 57.7 cm³/mol. The monoisotopic (exact) mass is 244 g/mol. The number of aryl methyl sites for hydroxylation is 1. The molecule has 1 aromatic carbocycles.